The lowest BCUT2D eigenvalue weighted by atomic mass is 10.0. The van der Waals surface area contributed by atoms with E-state index in [0.717, 1.165) is 38.5 Å². The standard InChI is InChI=1S/C52H103N2O6P/c1-6-8-10-12-14-16-18-20-22-24-26-27-28-30-32-34-36-38-40-42-44-46-52(56)53-50(49-60-61(57,58)59-48-47-54(3,4)5)51(55)45-43-41-39-37-35-33-31-29-25-23-21-19-17-15-13-11-9-7-2/h35,37,43,45,50-51,55H,6-34,36,38-42,44,46-49H2,1-5H3,(H-,53,56,57,58)/b37-35+,45-43+. The van der Waals surface area contributed by atoms with Gasteiger partial charge in [0.15, 0.2) is 0 Å². The summed E-state index contributed by atoms with van der Waals surface area (Å²) in [5.74, 6) is -0.203. The van der Waals surface area contributed by atoms with Gasteiger partial charge in [0.1, 0.15) is 13.2 Å². The number of quaternary nitrogens is 1. The smallest absolute Gasteiger partial charge is 0.268 e. The Kier molecular flexibility index (Phi) is 43.5. The number of amides is 1. The van der Waals surface area contributed by atoms with Crippen LogP contribution < -0.4 is 10.2 Å². The van der Waals surface area contributed by atoms with E-state index in [-0.39, 0.29) is 19.1 Å². The van der Waals surface area contributed by atoms with Gasteiger partial charge in [0, 0.05) is 6.42 Å². The lowest BCUT2D eigenvalue weighted by molar-refractivity contribution is -0.870. The number of hydrogen-bond acceptors (Lipinski definition) is 6. The average molecular weight is 883 g/mol. The minimum absolute atomic E-state index is 0.00391. The number of nitrogens with one attached hydrogen (secondary N) is 1. The second kappa shape index (κ2) is 44.2. The van der Waals surface area contributed by atoms with Crippen LogP contribution in [0.4, 0.5) is 0 Å². The van der Waals surface area contributed by atoms with Crippen LogP contribution in [-0.4, -0.2) is 68.5 Å². The quantitative estimate of drug-likeness (QED) is 0.0273. The molecule has 0 bridgehead atoms. The SMILES string of the molecule is CCCCCCCCCCCCCC/C=C/CC/C=C/C(O)C(COP(=O)([O-])OCC[N+](C)(C)C)NC(=O)CCCCCCCCCCCCCCCCCCCCCCC. The number of hydrogen-bond donors (Lipinski definition) is 2. The first kappa shape index (κ1) is 60.0. The minimum Gasteiger partial charge on any atom is -0.756 e. The fraction of sp³-hybridized carbons (Fsp3) is 0.904. The summed E-state index contributed by atoms with van der Waals surface area (Å²) in [5.41, 5.74) is 0. The third kappa shape index (κ3) is 46.8. The number of phosphoric ester groups is 1. The molecule has 3 unspecified atom stereocenters. The Bertz CT molecular complexity index is 1050. The highest BCUT2D eigenvalue weighted by atomic mass is 31.2. The predicted molar refractivity (Wildman–Crippen MR) is 261 cm³/mol. The molecule has 0 saturated carbocycles. The van der Waals surface area contributed by atoms with Gasteiger partial charge in [-0.2, -0.15) is 0 Å². The summed E-state index contributed by atoms with van der Waals surface area (Å²) in [4.78, 5) is 25.4. The molecule has 0 aromatic heterocycles. The molecule has 1 amide bonds. The first-order chi connectivity index (χ1) is 29.5. The zero-order valence-electron chi connectivity index (χ0n) is 41.1. The monoisotopic (exact) mass is 883 g/mol. The summed E-state index contributed by atoms with van der Waals surface area (Å²) in [6, 6.07) is -0.899. The molecule has 362 valence electrons. The van der Waals surface area contributed by atoms with Crippen molar-refractivity contribution in [3.8, 4) is 0 Å². The van der Waals surface area contributed by atoms with Crippen LogP contribution in [0.5, 0.6) is 0 Å². The van der Waals surface area contributed by atoms with Crippen LogP contribution in [0.2, 0.25) is 0 Å². The third-order valence-corrected chi connectivity index (χ3v) is 12.9. The van der Waals surface area contributed by atoms with Gasteiger partial charge in [-0.15, -0.1) is 0 Å². The second-order valence-corrected chi connectivity index (χ2v) is 20.6. The summed E-state index contributed by atoms with van der Waals surface area (Å²) < 4.78 is 23.3. The van der Waals surface area contributed by atoms with E-state index in [2.05, 4.69) is 31.3 Å². The first-order valence-corrected chi connectivity index (χ1v) is 27.7. The van der Waals surface area contributed by atoms with Crippen LogP contribution in [0.15, 0.2) is 24.3 Å². The molecule has 0 aromatic rings. The van der Waals surface area contributed by atoms with Crippen LogP contribution in [0.1, 0.15) is 251 Å². The van der Waals surface area contributed by atoms with E-state index in [1.54, 1.807) is 6.08 Å². The van der Waals surface area contributed by atoms with Gasteiger partial charge in [-0.3, -0.25) is 9.36 Å². The molecule has 0 aliphatic rings. The molecule has 9 heteroatoms. The molecule has 0 aliphatic heterocycles. The molecular formula is C52H103N2O6P. The molecule has 0 spiro atoms. The van der Waals surface area contributed by atoms with Crippen molar-refractivity contribution in [2.75, 3.05) is 40.9 Å². The van der Waals surface area contributed by atoms with Crippen molar-refractivity contribution in [3.05, 3.63) is 24.3 Å². The highest BCUT2D eigenvalue weighted by molar-refractivity contribution is 7.45. The maximum atomic E-state index is 12.9. The van der Waals surface area contributed by atoms with Crippen LogP contribution >= 0.6 is 7.82 Å². The number of aliphatic hydroxyl groups is 1. The minimum atomic E-state index is -4.60. The number of likely N-dealkylation sites (N-methyl/N-ethyl adjacent to an activating group) is 1. The van der Waals surface area contributed by atoms with Crippen molar-refractivity contribution in [3.63, 3.8) is 0 Å². The number of carbonyl (C=O) groups excluding carboxylic acids is 1. The van der Waals surface area contributed by atoms with Crippen molar-refractivity contribution >= 4 is 13.7 Å². The number of rotatable bonds is 48. The molecule has 0 heterocycles. The first-order valence-electron chi connectivity index (χ1n) is 26.2. The van der Waals surface area contributed by atoms with Gasteiger partial charge in [-0.05, 0) is 32.1 Å². The molecular weight excluding hydrogens is 780 g/mol. The van der Waals surface area contributed by atoms with E-state index in [4.69, 9.17) is 9.05 Å². The van der Waals surface area contributed by atoms with E-state index in [0.29, 0.717) is 17.4 Å². The molecule has 0 aromatic carbocycles. The van der Waals surface area contributed by atoms with Crippen LogP contribution in [0.3, 0.4) is 0 Å². The number of allylic oxidation sites excluding steroid dienone is 3. The van der Waals surface area contributed by atoms with Gasteiger partial charge in [0.05, 0.1) is 39.9 Å². The van der Waals surface area contributed by atoms with Crippen molar-refractivity contribution in [2.45, 2.75) is 264 Å². The zero-order valence-corrected chi connectivity index (χ0v) is 42.0. The maximum Gasteiger partial charge on any atom is 0.268 e. The number of carbonyl (C=O) groups is 1. The van der Waals surface area contributed by atoms with Crippen LogP contribution in [0.25, 0.3) is 0 Å². The second-order valence-electron chi connectivity index (χ2n) is 19.2. The average Bonchev–Trinajstić information content (AvgIpc) is 3.21. The van der Waals surface area contributed by atoms with Gasteiger partial charge in [-0.25, -0.2) is 0 Å². The summed E-state index contributed by atoms with van der Waals surface area (Å²) in [6.07, 6.45) is 53.8. The molecule has 0 fully saturated rings. The molecule has 8 nitrogen and oxygen atoms in total. The lowest BCUT2D eigenvalue weighted by Gasteiger charge is -2.29. The van der Waals surface area contributed by atoms with Crippen molar-refractivity contribution in [2.24, 2.45) is 0 Å². The van der Waals surface area contributed by atoms with Crippen LogP contribution in [-0.2, 0) is 18.4 Å². The molecule has 0 rings (SSSR count). The summed E-state index contributed by atoms with van der Waals surface area (Å²) >= 11 is 0. The van der Waals surface area contributed by atoms with E-state index in [9.17, 15) is 19.4 Å². The van der Waals surface area contributed by atoms with Crippen LogP contribution in [0, 0.1) is 0 Å². The molecule has 3 atom stereocenters. The Balaban J connectivity index is 4.30. The number of phosphoric acid groups is 1. The van der Waals surface area contributed by atoms with E-state index in [1.165, 1.54) is 193 Å². The fourth-order valence-corrected chi connectivity index (χ4v) is 8.48. The van der Waals surface area contributed by atoms with Gasteiger partial charge in [0.25, 0.3) is 7.82 Å². The van der Waals surface area contributed by atoms with Gasteiger partial charge in [0.2, 0.25) is 5.91 Å². The molecule has 61 heavy (non-hydrogen) atoms. The Morgan fingerprint density at radius 3 is 1.33 bits per heavy atom. The van der Waals surface area contributed by atoms with Crippen molar-refractivity contribution in [1.29, 1.82) is 0 Å². The van der Waals surface area contributed by atoms with Gasteiger partial charge in [-0.1, -0.05) is 237 Å². The van der Waals surface area contributed by atoms with E-state index in [1.807, 2.05) is 27.2 Å². The highest BCUT2D eigenvalue weighted by Crippen LogP contribution is 2.38. The largest absolute Gasteiger partial charge is 0.756 e. The molecule has 2 N–H and O–H groups in total. The number of aliphatic hydroxyl groups excluding tert-OH is 1. The molecule has 0 aliphatic carbocycles. The summed E-state index contributed by atoms with van der Waals surface area (Å²) in [5, 5.41) is 13.8. The lowest BCUT2D eigenvalue weighted by Crippen LogP contribution is -2.45. The number of nitrogens with zero attached hydrogens (tertiary/aromatic N) is 1. The predicted octanol–water partition coefficient (Wildman–Crippen LogP) is 14.6. The Morgan fingerprint density at radius 2 is 0.918 bits per heavy atom. The van der Waals surface area contributed by atoms with Crippen molar-refractivity contribution < 1.29 is 32.9 Å². The van der Waals surface area contributed by atoms with Crippen molar-refractivity contribution in [1.82, 2.24) is 5.32 Å². The normalized spacial score (nSPS) is 14.3. The molecule has 0 saturated heterocycles. The molecule has 0 radical (unpaired) electrons. The number of unbranched alkanes of at least 4 members (excludes halogenated alkanes) is 33. The summed E-state index contributed by atoms with van der Waals surface area (Å²) in [6.45, 7) is 4.66. The summed E-state index contributed by atoms with van der Waals surface area (Å²) in [7, 11) is 1.25. The van der Waals surface area contributed by atoms with E-state index < -0.39 is 20.0 Å². The Morgan fingerprint density at radius 1 is 0.557 bits per heavy atom. The maximum absolute atomic E-state index is 12.9. The Labute approximate surface area is 379 Å². The van der Waals surface area contributed by atoms with Gasteiger partial charge < -0.3 is 28.8 Å². The zero-order chi connectivity index (χ0) is 45.0. The Hall–Kier alpha value is -1.02. The third-order valence-electron chi connectivity index (χ3n) is 11.9. The fourth-order valence-electron chi connectivity index (χ4n) is 7.76. The highest BCUT2D eigenvalue weighted by Gasteiger charge is 2.23. The van der Waals surface area contributed by atoms with E-state index >= 15 is 0 Å². The van der Waals surface area contributed by atoms with Gasteiger partial charge >= 0.3 is 0 Å². The topological polar surface area (TPSA) is 108 Å².